The van der Waals surface area contributed by atoms with E-state index in [0.29, 0.717) is 32.9 Å². The normalized spacial score (nSPS) is 14.2. The summed E-state index contributed by atoms with van der Waals surface area (Å²) in [7, 11) is 0. The zero-order chi connectivity index (χ0) is 22.3. The van der Waals surface area contributed by atoms with Crippen molar-refractivity contribution < 1.29 is 14.3 Å². The van der Waals surface area contributed by atoms with E-state index >= 15 is 0 Å². The number of nitrogens with one attached hydrogen (secondary N) is 1. The molecule has 4 rings (SSSR count). The first-order valence-corrected chi connectivity index (χ1v) is 10.5. The number of hydrogen-bond donors (Lipinski definition) is 2. The first-order valence-electron chi connectivity index (χ1n) is 10.2. The summed E-state index contributed by atoms with van der Waals surface area (Å²) >= 11 is 6.41. The Morgan fingerprint density at radius 2 is 2.10 bits per heavy atom. The van der Waals surface area contributed by atoms with Gasteiger partial charge in [-0.2, -0.15) is 0 Å². The van der Waals surface area contributed by atoms with Crippen molar-refractivity contribution >= 4 is 28.7 Å². The zero-order valence-electron chi connectivity index (χ0n) is 17.4. The summed E-state index contributed by atoms with van der Waals surface area (Å²) in [5.41, 5.74) is 1.10. The first-order chi connectivity index (χ1) is 14.8. The molecule has 1 aliphatic rings. The molecular formula is C22H24ClFN4O3. The van der Waals surface area contributed by atoms with Gasteiger partial charge >= 0.3 is 5.69 Å². The highest BCUT2D eigenvalue weighted by Crippen LogP contribution is 2.31. The van der Waals surface area contributed by atoms with Gasteiger partial charge in [0, 0.05) is 34.0 Å². The van der Waals surface area contributed by atoms with Crippen LogP contribution in [-0.2, 0) is 12.1 Å². The Kier molecular flexibility index (Phi) is 5.61. The standard InChI is InChI=1S/C22H24ClFN4O3/c1-22(2,12-29)28-19-18(27(8-7-24)21(28)31)10-14(11-25-19)16-9-13(3-6-17(16)23)20(30)26-15-4-5-15/h3,6,9-11,15,29H,4-5,7-8,12H2,1-2H3,(H,26,30). The average molecular weight is 447 g/mol. The number of rotatable bonds is 7. The van der Waals surface area contributed by atoms with Gasteiger partial charge in [-0.15, -0.1) is 0 Å². The van der Waals surface area contributed by atoms with Crippen LogP contribution in [0.4, 0.5) is 4.39 Å². The van der Waals surface area contributed by atoms with Gasteiger partial charge in [-0.25, -0.2) is 14.2 Å². The molecule has 1 aromatic carbocycles. The van der Waals surface area contributed by atoms with Crippen molar-refractivity contribution in [3.05, 3.63) is 51.5 Å². The van der Waals surface area contributed by atoms with E-state index in [1.165, 1.54) is 9.13 Å². The fraction of sp³-hybridized carbons (Fsp3) is 0.409. The lowest BCUT2D eigenvalue weighted by atomic mass is 10.0. The van der Waals surface area contributed by atoms with Gasteiger partial charge in [-0.1, -0.05) is 11.6 Å². The molecule has 0 radical (unpaired) electrons. The van der Waals surface area contributed by atoms with Crippen molar-refractivity contribution in [2.24, 2.45) is 0 Å². The number of aliphatic hydroxyl groups is 1. The third-order valence-electron chi connectivity index (χ3n) is 5.52. The van der Waals surface area contributed by atoms with Crippen LogP contribution in [-0.4, -0.2) is 44.5 Å². The number of benzene rings is 1. The molecule has 2 aromatic heterocycles. The number of amides is 1. The van der Waals surface area contributed by atoms with E-state index in [4.69, 9.17) is 11.6 Å². The Bertz CT molecular complexity index is 1210. The molecule has 0 saturated heterocycles. The second kappa shape index (κ2) is 8.09. The Balaban J connectivity index is 1.85. The summed E-state index contributed by atoms with van der Waals surface area (Å²) in [6.07, 6.45) is 3.54. The number of imidazole rings is 1. The second-order valence-corrected chi connectivity index (χ2v) is 8.85. The zero-order valence-corrected chi connectivity index (χ0v) is 18.1. The summed E-state index contributed by atoms with van der Waals surface area (Å²) in [6, 6.07) is 6.95. The van der Waals surface area contributed by atoms with Crippen molar-refractivity contribution in [2.75, 3.05) is 13.3 Å². The molecule has 1 saturated carbocycles. The number of fused-ring (bicyclic) bond motifs is 1. The number of hydrogen-bond acceptors (Lipinski definition) is 4. The molecule has 0 bridgehead atoms. The third-order valence-corrected chi connectivity index (χ3v) is 5.85. The van der Waals surface area contributed by atoms with Crippen molar-refractivity contribution in [3.8, 4) is 11.1 Å². The molecule has 31 heavy (non-hydrogen) atoms. The Labute approximate surface area is 183 Å². The summed E-state index contributed by atoms with van der Waals surface area (Å²) in [5, 5.41) is 13.1. The van der Waals surface area contributed by atoms with Crippen molar-refractivity contribution in [3.63, 3.8) is 0 Å². The Morgan fingerprint density at radius 3 is 2.74 bits per heavy atom. The molecule has 0 atom stereocenters. The maximum absolute atomic E-state index is 13.2. The van der Waals surface area contributed by atoms with Crippen LogP contribution in [0.1, 0.15) is 37.0 Å². The summed E-state index contributed by atoms with van der Waals surface area (Å²) in [5.74, 6) is -0.167. The maximum Gasteiger partial charge on any atom is 0.331 e. The van der Waals surface area contributed by atoms with Gasteiger partial charge in [0.2, 0.25) is 0 Å². The maximum atomic E-state index is 13.2. The quantitative estimate of drug-likeness (QED) is 0.583. The summed E-state index contributed by atoms with van der Waals surface area (Å²) in [6.45, 7) is 2.28. The molecular weight excluding hydrogens is 423 g/mol. The van der Waals surface area contributed by atoms with Crippen LogP contribution in [0, 0.1) is 0 Å². The Morgan fingerprint density at radius 1 is 1.35 bits per heavy atom. The molecule has 0 aliphatic heterocycles. The highest BCUT2D eigenvalue weighted by molar-refractivity contribution is 6.33. The van der Waals surface area contributed by atoms with Gasteiger partial charge in [-0.05, 0) is 51.0 Å². The minimum atomic E-state index is -0.913. The average Bonchev–Trinajstić information content (AvgIpc) is 3.51. The van der Waals surface area contributed by atoms with Crippen LogP contribution >= 0.6 is 11.6 Å². The monoisotopic (exact) mass is 446 g/mol. The van der Waals surface area contributed by atoms with E-state index < -0.39 is 17.9 Å². The van der Waals surface area contributed by atoms with Crippen molar-refractivity contribution in [1.82, 2.24) is 19.4 Å². The molecule has 2 N–H and O–H groups in total. The molecule has 3 aromatic rings. The van der Waals surface area contributed by atoms with Gasteiger partial charge in [0.15, 0.2) is 5.65 Å². The van der Waals surface area contributed by atoms with Gasteiger partial charge in [0.25, 0.3) is 5.91 Å². The van der Waals surface area contributed by atoms with Gasteiger partial charge in [0.1, 0.15) is 6.67 Å². The van der Waals surface area contributed by atoms with Crippen LogP contribution in [0.5, 0.6) is 0 Å². The molecule has 2 heterocycles. The number of carbonyl (C=O) groups excluding carboxylic acids is 1. The lowest BCUT2D eigenvalue weighted by molar-refractivity contribution is 0.0951. The molecule has 0 unspecified atom stereocenters. The SMILES string of the molecule is CC(C)(CO)n1c(=O)n(CCF)c2cc(-c3cc(C(=O)NC4CC4)ccc3Cl)cnc21. The lowest BCUT2D eigenvalue weighted by Gasteiger charge is -2.23. The van der Waals surface area contributed by atoms with Crippen molar-refractivity contribution in [1.29, 1.82) is 0 Å². The third kappa shape index (κ3) is 3.97. The molecule has 164 valence electrons. The predicted octanol–water partition coefficient (Wildman–Crippen LogP) is 3.11. The number of carbonyl (C=O) groups is 1. The fourth-order valence-electron chi connectivity index (χ4n) is 3.58. The topological polar surface area (TPSA) is 89.2 Å². The van der Waals surface area contributed by atoms with E-state index in [9.17, 15) is 19.1 Å². The summed E-state index contributed by atoms with van der Waals surface area (Å²) < 4.78 is 15.9. The molecule has 0 spiro atoms. The van der Waals surface area contributed by atoms with Crippen LogP contribution < -0.4 is 11.0 Å². The van der Waals surface area contributed by atoms with Gasteiger partial charge in [-0.3, -0.25) is 13.9 Å². The molecule has 9 heteroatoms. The van der Waals surface area contributed by atoms with Crippen molar-refractivity contribution in [2.45, 2.75) is 44.8 Å². The van der Waals surface area contributed by atoms with Crippen LogP contribution in [0.3, 0.4) is 0 Å². The Hall–Kier alpha value is -2.71. The number of nitrogens with zero attached hydrogens (tertiary/aromatic N) is 3. The minimum Gasteiger partial charge on any atom is -0.394 e. The first kappa shape index (κ1) is 21.5. The van der Waals surface area contributed by atoms with E-state index in [1.807, 2.05) is 0 Å². The summed E-state index contributed by atoms with van der Waals surface area (Å²) in [4.78, 5) is 29.9. The fourth-order valence-corrected chi connectivity index (χ4v) is 3.81. The molecule has 1 aliphatic carbocycles. The van der Waals surface area contributed by atoms with E-state index in [2.05, 4.69) is 10.3 Å². The van der Waals surface area contributed by atoms with E-state index in [0.717, 1.165) is 12.8 Å². The molecule has 1 amide bonds. The molecule has 1 fully saturated rings. The highest BCUT2D eigenvalue weighted by atomic mass is 35.5. The smallest absolute Gasteiger partial charge is 0.331 e. The van der Waals surface area contributed by atoms with Crippen LogP contribution in [0.25, 0.3) is 22.3 Å². The van der Waals surface area contributed by atoms with Crippen LogP contribution in [0.15, 0.2) is 35.3 Å². The largest absolute Gasteiger partial charge is 0.394 e. The number of aryl methyl sites for hydroxylation is 1. The number of alkyl halides is 1. The van der Waals surface area contributed by atoms with Gasteiger partial charge < -0.3 is 10.4 Å². The molecule has 7 nitrogen and oxygen atoms in total. The van der Waals surface area contributed by atoms with E-state index in [-0.39, 0.29) is 25.1 Å². The predicted molar refractivity (Wildman–Crippen MR) is 117 cm³/mol. The minimum absolute atomic E-state index is 0.132. The van der Waals surface area contributed by atoms with Crippen LogP contribution in [0.2, 0.25) is 5.02 Å². The van der Waals surface area contributed by atoms with Gasteiger partial charge in [0.05, 0.1) is 24.2 Å². The number of aliphatic hydroxyl groups excluding tert-OH is 1. The number of aromatic nitrogens is 3. The highest BCUT2D eigenvalue weighted by Gasteiger charge is 2.28. The second-order valence-electron chi connectivity index (χ2n) is 8.44. The number of pyridine rings is 1. The van der Waals surface area contributed by atoms with E-state index in [1.54, 1.807) is 44.3 Å². The lowest BCUT2D eigenvalue weighted by Crippen LogP contribution is -2.40. The number of halogens is 2.